The maximum absolute atomic E-state index is 12.7. The van der Waals surface area contributed by atoms with Crippen molar-refractivity contribution in [1.82, 2.24) is 13.9 Å². The number of nitrogens with zero attached hydrogens (tertiary/aromatic N) is 3. The van der Waals surface area contributed by atoms with Gasteiger partial charge in [-0.25, -0.2) is 13.4 Å². The van der Waals surface area contributed by atoms with Crippen LogP contribution >= 0.6 is 0 Å². The van der Waals surface area contributed by atoms with Crippen LogP contribution in [0.15, 0.2) is 35.7 Å². The highest BCUT2D eigenvalue weighted by Gasteiger charge is 2.34. The molecular weight excluding hydrogens is 352 g/mol. The van der Waals surface area contributed by atoms with E-state index in [0.29, 0.717) is 19.4 Å². The third kappa shape index (κ3) is 3.81. The molecule has 1 N–H and O–H groups in total. The van der Waals surface area contributed by atoms with Gasteiger partial charge in [-0.3, -0.25) is 4.79 Å². The van der Waals surface area contributed by atoms with E-state index in [9.17, 15) is 13.2 Å². The van der Waals surface area contributed by atoms with Gasteiger partial charge in [0.25, 0.3) is 10.0 Å². The van der Waals surface area contributed by atoms with E-state index in [2.05, 4.69) is 10.3 Å². The summed E-state index contributed by atoms with van der Waals surface area (Å²) < 4.78 is 28.4. The Morgan fingerprint density at radius 2 is 2.04 bits per heavy atom. The minimum Gasteiger partial charge on any atom is -0.339 e. The number of sulfonamides is 1. The first-order valence-electron chi connectivity index (χ1n) is 8.63. The number of aryl methyl sites for hydroxylation is 3. The van der Waals surface area contributed by atoms with E-state index in [0.717, 1.165) is 16.8 Å². The predicted octanol–water partition coefficient (Wildman–Crippen LogP) is 2.08. The molecule has 1 aromatic carbocycles. The number of anilines is 1. The quantitative estimate of drug-likeness (QED) is 0.885. The Labute approximate surface area is 154 Å². The van der Waals surface area contributed by atoms with Crippen molar-refractivity contribution < 1.29 is 13.2 Å². The van der Waals surface area contributed by atoms with Crippen LogP contribution in [0.5, 0.6) is 0 Å². The van der Waals surface area contributed by atoms with Crippen LogP contribution in [-0.2, 0) is 21.9 Å². The van der Waals surface area contributed by atoms with Crippen LogP contribution in [0.2, 0.25) is 0 Å². The van der Waals surface area contributed by atoms with Crippen molar-refractivity contribution in [2.24, 2.45) is 13.0 Å². The molecule has 0 radical (unpaired) electrons. The van der Waals surface area contributed by atoms with E-state index in [-0.39, 0.29) is 23.4 Å². The first-order chi connectivity index (χ1) is 12.3. The molecule has 0 unspecified atom stereocenters. The molecule has 1 atom stereocenters. The number of carbonyl (C=O) groups excluding carboxylic acids is 1. The molecule has 140 valence electrons. The number of piperidine rings is 1. The van der Waals surface area contributed by atoms with Crippen molar-refractivity contribution in [3.05, 3.63) is 41.9 Å². The summed E-state index contributed by atoms with van der Waals surface area (Å²) in [6.45, 7) is 4.59. The molecule has 7 nitrogen and oxygen atoms in total. The molecule has 1 fully saturated rings. The molecule has 1 aliphatic heterocycles. The Bertz CT molecular complexity index is 920. The van der Waals surface area contributed by atoms with E-state index >= 15 is 0 Å². The summed E-state index contributed by atoms with van der Waals surface area (Å²) >= 11 is 0. The zero-order valence-electron chi connectivity index (χ0n) is 15.3. The molecule has 1 amide bonds. The predicted molar refractivity (Wildman–Crippen MR) is 99.2 cm³/mol. The van der Waals surface area contributed by atoms with Crippen LogP contribution < -0.4 is 5.32 Å². The molecule has 1 aliphatic rings. The number of carbonyl (C=O) groups is 1. The van der Waals surface area contributed by atoms with Crippen molar-refractivity contribution >= 4 is 21.6 Å². The Hall–Kier alpha value is -2.19. The summed E-state index contributed by atoms with van der Waals surface area (Å²) in [7, 11) is -1.95. The van der Waals surface area contributed by atoms with Crippen LogP contribution in [-0.4, -0.2) is 41.3 Å². The number of aromatic nitrogens is 2. The first kappa shape index (κ1) is 18.6. The van der Waals surface area contributed by atoms with E-state index in [1.54, 1.807) is 11.6 Å². The summed E-state index contributed by atoms with van der Waals surface area (Å²) in [5.74, 6) is -0.516. The molecular formula is C18H24N4O3S. The zero-order chi connectivity index (χ0) is 18.9. The van der Waals surface area contributed by atoms with E-state index in [1.165, 1.54) is 16.8 Å². The van der Waals surface area contributed by atoms with Crippen LogP contribution in [0, 0.1) is 19.8 Å². The van der Waals surface area contributed by atoms with Gasteiger partial charge in [-0.2, -0.15) is 4.31 Å². The number of amides is 1. The Morgan fingerprint density at radius 1 is 1.27 bits per heavy atom. The summed E-state index contributed by atoms with van der Waals surface area (Å²) in [6.07, 6.45) is 4.26. The molecule has 1 aromatic heterocycles. The highest BCUT2D eigenvalue weighted by Crippen LogP contribution is 2.24. The maximum atomic E-state index is 12.7. The minimum atomic E-state index is -3.67. The molecule has 0 saturated carbocycles. The topological polar surface area (TPSA) is 84.3 Å². The number of imidazole rings is 1. The number of nitrogens with one attached hydrogen (secondary N) is 1. The van der Waals surface area contributed by atoms with Crippen LogP contribution in [0.1, 0.15) is 24.0 Å². The fraction of sp³-hybridized carbons (Fsp3) is 0.444. The van der Waals surface area contributed by atoms with Gasteiger partial charge in [0.1, 0.15) is 0 Å². The Morgan fingerprint density at radius 3 is 2.69 bits per heavy atom. The van der Waals surface area contributed by atoms with Crippen LogP contribution in [0.4, 0.5) is 5.69 Å². The average Bonchev–Trinajstić information content (AvgIpc) is 3.05. The zero-order valence-corrected chi connectivity index (χ0v) is 16.1. The number of benzene rings is 1. The summed E-state index contributed by atoms with van der Waals surface area (Å²) in [6, 6.07) is 5.76. The average molecular weight is 376 g/mol. The Kier molecular flexibility index (Phi) is 5.15. The van der Waals surface area contributed by atoms with Crippen molar-refractivity contribution in [3.8, 4) is 0 Å². The van der Waals surface area contributed by atoms with Gasteiger partial charge in [0, 0.05) is 32.0 Å². The molecule has 2 aromatic rings. The van der Waals surface area contributed by atoms with E-state index in [1.807, 2.05) is 32.0 Å². The summed E-state index contributed by atoms with van der Waals surface area (Å²) in [5, 5.41) is 2.94. The second-order valence-electron chi connectivity index (χ2n) is 6.87. The van der Waals surface area contributed by atoms with E-state index < -0.39 is 10.0 Å². The van der Waals surface area contributed by atoms with Crippen molar-refractivity contribution in [2.45, 2.75) is 31.7 Å². The molecule has 26 heavy (non-hydrogen) atoms. The lowest BCUT2D eigenvalue weighted by molar-refractivity contribution is -0.120. The van der Waals surface area contributed by atoms with Gasteiger partial charge in [-0.1, -0.05) is 6.07 Å². The smallest absolute Gasteiger partial charge is 0.262 e. The van der Waals surface area contributed by atoms with Gasteiger partial charge in [-0.05, 0) is 49.9 Å². The SMILES string of the molecule is Cc1ccc(NC(=O)[C@@H]2CCCN(S(=O)(=O)c3cn(C)cn3)C2)cc1C. The fourth-order valence-electron chi connectivity index (χ4n) is 3.09. The lowest BCUT2D eigenvalue weighted by atomic mass is 9.98. The standard InChI is InChI=1S/C18H24N4O3S/c1-13-6-7-16(9-14(13)2)20-18(23)15-5-4-8-22(10-15)26(24,25)17-11-21(3)12-19-17/h6-7,9,11-12,15H,4-5,8,10H2,1-3H3,(H,20,23)/t15-/m1/s1. The van der Waals surface area contributed by atoms with Gasteiger partial charge >= 0.3 is 0 Å². The molecule has 1 saturated heterocycles. The third-order valence-corrected chi connectivity index (χ3v) is 6.57. The lowest BCUT2D eigenvalue weighted by Crippen LogP contribution is -2.43. The molecule has 8 heteroatoms. The Balaban J connectivity index is 1.71. The van der Waals surface area contributed by atoms with Gasteiger partial charge in [-0.15, -0.1) is 0 Å². The van der Waals surface area contributed by atoms with Gasteiger partial charge in [0.2, 0.25) is 5.91 Å². The fourth-order valence-corrected chi connectivity index (χ4v) is 4.58. The third-order valence-electron chi connectivity index (χ3n) is 4.81. The summed E-state index contributed by atoms with van der Waals surface area (Å²) in [4.78, 5) is 16.6. The second kappa shape index (κ2) is 7.20. The second-order valence-corrected chi connectivity index (χ2v) is 8.75. The van der Waals surface area contributed by atoms with Crippen molar-refractivity contribution in [1.29, 1.82) is 0 Å². The van der Waals surface area contributed by atoms with Crippen LogP contribution in [0.25, 0.3) is 0 Å². The first-order valence-corrected chi connectivity index (χ1v) is 10.1. The largest absolute Gasteiger partial charge is 0.339 e. The van der Waals surface area contributed by atoms with Crippen molar-refractivity contribution in [2.75, 3.05) is 18.4 Å². The number of rotatable bonds is 4. The van der Waals surface area contributed by atoms with E-state index in [4.69, 9.17) is 0 Å². The molecule has 2 heterocycles. The molecule has 0 spiro atoms. The highest BCUT2D eigenvalue weighted by atomic mass is 32.2. The number of hydrogen-bond donors (Lipinski definition) is 1. The van der Waals surface area contributed by atoms with Gasteiger partial charge in [0.15, 0.2) is 5.03 Å². The van der Waals surface area contributed by atoms with Gasteiger partial charge < -0.3 is 9.88 Å². The summed E-state index contributed by atoms with van der Waals surface area (Å²) in [5.41, 5.74) is 3.00. The minimum absolute atomic E-state index is 0.0233. The van der Waals surface area contributed by atoms with Gasteiger partial charge in [0.05, 0.1) is 12.2 Å². The normalized spacial score (nSPS) is 18.7. The highest BCUT2D eigenvalue weighted by molar-refractivity contribution is 7.89. The molecule has 0 aliphatic carbocycles. The molecule has 3 rings (SSSR count). The maximum Gasteiger partial charge on any atom is 0.262 e. The number of hydrogen-bond acceptors (Lipinski definition) is 4. The van der Waals surface area contributed by atoms with Crippen LogP contribution in [0.3, 0.4) is 0 Å². The monoisotopic (exact) mass is 376 g/mol. The van der Waals surface area contributed by atoms with Crippen molar-refractivity contribution in [3.63, 3.8) is 0 Å². The molecule has 0 bridgehead atoms. The lowest BCUT2D eigenvalue weighted by Gasteiger charge is -2.30.